The second-order valence-corrected chi connectivity index (χ2v) is 7.12. The van der Waals surface area contributed by atoms with E-state index in [1.165, 1.54) is 0 Å². The Morgan fingerprint density at radius 3 is 2.95 bits per heavy atom. The molecule has 0 aromatic heterocycles. The summed E-state index contributed by atoms with van der Waals surface area (Å²) in [6.07, 6.45) is 1.97. The highest BCUT2D eigenvalue weighted by atomic mass is 35.5. The SMILES string of the molecule is Cc1ccc(Cl)c(S(=O)(=O)NCCC2CCNC2)c1. The summed E-state index contributed by atoms with van der Waals surface area (Å²) in [6.45, 7) is 4.31. The second kappa shape index (κ2) is 6.22. The molecular weight excluding hydrogens is 284 g/mol. The Morgan fingerprint density at radius 2 is 2.26 bits per heavy atom. The quantitative estimate of drug-likeness (QED) is 0.874. The van der Waals surface area contributed by atoms with Gasteiger partial charge in [0, 0.05) is 6.54 Å². The number of benzene rings is 1. The lowest BCUT2D eigenvalue weighted by Gasteiger charge is -2.11. The molecular formula is C13H19ClN2O2S. The Bertz CT molecular complexity index is 540. The summed E-state index contributed by atoms with van der Waals surface area (Å²) in [6, 6.07) is 5.01. The minimum atomic E-state index is -3.51. The molecule has 2 rings (SSSR count). The summed E-state index contributed by atoms with van der Waals surface area (Å²) in [5, 5.41) is 3.53. The zero-order chi connectivity index (χ0) is 13.9. The van der Waals surface area contributed by atoms with Gasteiger partial charge < -0.3 is 5.32 Å². The van der Waals surface area contributed by atoms with Crippen molar-refractivity contribution in [3.05, 3.63) is 28.8 Å². The van der Waals surface area contributed by atoms with Crippen molar-refractivity contribution in [3.63, 3.8) is 0 Å². The number of nitrogens with one attached hydrogen (secondary N) is 2. The fourth-order valence-electron chi connectivity index (χ4n) is 2.25. The minimum absolute atomic E-state index is 0.165. The van der Waals surface area contributed by atoms with Crippen molar-refractivity contribution in [2.45, 2.75) is 24.7 Å². The van der Waals surface area contributed by atoms with Gasteiger partial charge in [-0.05, 0) is 56.5 Å². The Balaban J connectivity index is 1.99. The lowest BCUT2D eigenvalue weighted by molar-refractivity contribution is 0.519. The topological polar surface area (TPSA) is 58.2 Å². The summed E-state index contributed by atoms with van der Waals surface area (Å²) in [5.41, 5.74) is 0.879. The maximum absolute atomic E-state index is 12.2. The maximum Gasteiger partial charge on any atom is 0.242 e. The number of halogens is 1. The third kappa shape index (κ3) is 3.92. The van der Waals surface area contributed by atoms with Gasteiger partial charge in [0.1, 0.15) is 4.90 Å². The Morgan fingerprint density at radius 1 is 1.47 bits per heavy atom. The highest BCUT2D eigenvalue weighted by Crippen LogP contribution is 2.22. The molecule has 1 aromatic rings. The first-order valence-corrected chi connectivity index (χ1v) is 8.32. The van der Waals surface area contributed by atoms with Crippen LogP contribution >= 0.6 is 11.6 Å². The van der Waals surface area contributed by atoms with Crippen molar-refractivity contribution >= 4 is 21.6 Å². The predicted molar refractivity (Wildman–Crippen MR) is 77.0 cm³/mol. The standard InChI is InChI=1S/C13H19ClN2O2S/c1-10-2-3-12(14)13(8-10)19(17,18)16-7-5-11-4-6-15-9-11/h2-3,8,11,15-16H,4-7,9H2,1H3. The van der Waals surface area contributed by atoms with Gasteiger partial charge in [-0.25, -0.2) is 13.1 Å². The molecule has 2 N–H and O–H groups in total. The first-order chi connectivity index (χ1) is 8.99. The molecule has 1 saturated heterocycles. The predicted octanol–water partition coefficient (Wildman–Crippen LogP) is 1.93. The largest absolute Gasteiger partial charge is 0.316 e. The molecule has 0 amide bonds. The molecule has 1 unspecified atom stereocenters. The molecule has 0 spiro atoms. The number of hydrogen-bond acceptors (Lipinski definition) is 3. The van der Waals surface area contributed by atoms with Gasteiger partial charge in [0.15, 0.2) is 0 Å². The lowest BCUT2D eigenvalue weighted by atomic mass is 10.1. The molecule has 6 heteroatoms. The highest BCUT2D eigenvalue weighted by molar-refractivity contribution is 7.89. The van der Waals surface area contributed by atoms with Gasteiger partial charge in [-0.2, -0.15) is 0 Å². The van der Waals surface area contributed by atoms with E-state index in [2.05, 4.69) is 10.0 Å². The molecule has 0 aliphatic carbocycles. The molecule has 4 nitrogen and oxygen atoms in total. The van der Waals surface area contributed by atoms with Crippen LogP contribution in [0.2, 0.25) is 5.02 Å². The maximum atomic E-state index is 12.2. The number of rotatable bonds is 5. The van der Waals surface area contributed by atoms with Crippen molar-refractivity contribution in [1.82, 2.24) is 10.0 Å². The number of hydrogen-bond donors (Lipinski definition) is 2. The summed E-state index contributed by atoms with van der Waals surface area (Å²) < 4.78 is 27.0. The van der Waals surface area contributed by atoms with Gasteiger partial charge in [0.25, 0.3) is 0 Å². The molecule has 0 bridgehead atoms. The van der Waals surface area contributed by atoms with E-state index in [-0.39, 0.29) is 9.92 Å². The van der Waals surface area contributed by atoms with Gasteiger partial charge in [-0.15, -0.1) is 0 Å². The normalized spacial score (nSPS) is 19.8. The zero-order valence-corrected chi connectivity index (χ0v) is 12.5. The van der Waals surface area contributed by atoms with E-state index in [0.717, 1.165) is 31.5 Å². The monoisotopic (exact) mass is 302 g/mol. The summed E-state index contributed by atoms with van der Waals surface area (Å²) in [7, 11) is -3.51. The van der Waals surface area contributed by atoms with Crippen LogP contribution in [-0.2, 0) is 10.0 Å². The van der Waals surface area contributed by atoms with E-state index in [0.29, 0.717) is 12.5 Å². The van der Waals surface area contributed by atoms with E-state index in [1.54, 1.807) is 18.2 Å². The van der Waals surface area contributed by atoms with E-state index < -0.39 is 10.0 Å². The van der Waals surface area contributed by atoms with E-state index in [1.807, 2.05) is 6.92 Å². The van der Waals surface area contributed by atoms with Crippen LogP contribution in [-0.4, -0.2) is 28.1 Å². The van der Waals surface area contributed by atoms with Crippen LogP contribution in [0.5, 0.6) is 0 Å². The van der Waals surface area contributed by atoms with Gasteiger partial charge in [-0.1, -0.05) is 17.7 Å². The van der Waals surface area contributed by atoms with Gasteiger partial charge in [-0.3, -0.25) is 0 Å². The molecule has 106 valence electrons. The Labute approximate surface area is 119 Å². The minimum Gasteiger partial charge on any atom is -0.316 e. The molecule has 1 aliphatic rings. The third-order valence-electron chi connectivity index (χ3n) is 3.38. The zero-order valence-electron chi connectivity index (χ0n) is 10.9. The first kappa shape index (κ1) is 14.8. The van der Waals surface area contributed by atoms with E-state index >= 15 is 0 Å². The van der Waals surface area contributed by atoms with Crippen molar-refractivity contribution < 1.29 is 8.42 Å². The Hall–Kier alpha value is -0.620. The molecule has 0 saturated carbocycles. The molecule has 1 aliphatic heterocycles. The van der Waals surface area contributed by atoms with Gasteiger partial charge in [0.05, 0.1) is 5.02 Å². The third-order valence-corrected chi connectivity index (χ3v) is 5.33. The first-order valence-electron chi connectivity index (χ1n) is 6.45. The molecule has 1 aromatic carbocycles. The Kier molecular flexibility index (Phi) is 4.84. The smallest absolute Gasteiger partial charge is 0.242 e. The second-order valence-electron chi connectivity index (χ2n) is 4.98. The van der Waals surface area contributed by atoms with Gasteiger partial charge >= 0.3 is 0 Å². The summed E-state index contributed by atoms with van der Waals surface area (Å²) >= 11 is 5.96. The summed E-state index contributed by atoms with van der Waals surface area (Å²) in [4.78, 5) is 0.165. The molecule has 19 heavy (non-hydrogen) atoms. The van der Waals surface area contributed by atoms with E-state index in [4.69, 9.17) is 11.6 Å². The van der Waals surface area contributed by atoms with Crippen LogP contribution in [0.3, 0.4) is 0 Å². The average Bonchev–Trinajstić information content (AvgIpc) is 2.85. The fourth-order valence-corrected chi connectivity index (χ4v) is 3.88. The highest BCUT2D eigenvalue weighted by Gasteiger charge is 2.19. The van der Waals surface area contributed by atoms with Crippen LogP contribution < -0.4 is 10.0 Å². The molecule has 1 fully saturated rings. The molecule has 1 atom stereocenters. The van der Waals surface area contributed by atoms with Crippen LogP contribution in [0.25, 0.3) is 0 Å². The average molecular weight is 303 g/mol. The molecule has 0 radical (unpaired) electrons. The van der Waals surface area contributed by atoms with Crippen LogP contribution in [0.1, 0.15) is 18.4 Å². The van der Waals surface area contributed by atoms with Crippen LogP contribution in [0, 0.1) is 12.8 Å². The molecule has 1 heterocycles. The van der Waals surface area contributed by atoms with Crippen molar-refractivity contribution in [2.75, 3.05) is 19.6 Å². The van der Waals surface area contributed by atoms with Gasteiger partial charge in [0.2, 0.25) is 10.0 Å². The summed E-state index contributed by atoms with van der Waals surface area (Å²) in [5.74, 6) is 0.565. The van der Waals surface area contributed by atoms with Crippen molar-refractivity contribution in [1.29, 1.82) is 0 Å². The fraction of sp³-hybridized carbons (Fsp3) is 0.538. The lowest BCUT2D eigenvalue weighted by Crippen LogP contribution is -2.27. The van der Waals surface area contributed by atoms with Crippen LogP contribution in [0.15, 0.2) is 23.1 Å². The van der Waals surface area contributed by atoms with Crippen molar-refractivity contribution in [2.24, 2.45) is 5.92 Å². The number of sulfonamides is 1. The van der Waals surface area contributed by atoms with Crippen molar-refractivity contribution in [3.8, 4) is 0 Å². The number of aryl methyl sites for hydroxylation is 1. The van der Waals surface area contributed by atoms with Crippen LogP contribution in [0.4, 0.5) is 0 Å². The van der Waals surface area contributed by atoms with E-state index in [9.17, 15) is 8.42 Å².